The lowest BCUT2D eigenvalue weighted by molar-refractivity contribution is -0.150. The molecule has 1 fully saturated rings. The molecule has 1 saturated carbocycles. The molecule has 0 amide bonds. The zero-order valence-electron chi connectivity index (χ0n) is 11.4. The largest absolute Gasteiger partial charge is 0.468 e. The van der Waals surface area contributed by atoms with Crippen LogP contribution in [0.25, 0.3) is 0 Å². The van der Waals surface area contributed by atoms with Crippen molar-refractivity contribution in [3.05, 3.63) is 0 Å². The third-order valence-electron chi connectivity index (χ3n) is 3.59. The SMILES string of the molecule is COC(=O)C1(NC(C)C)CCCC1CCSC. The van der Waals surface area contributed by atoms with Crippen LogP contribution < -0.4 is 5.32 Å². The van der Waals surface area contributed by atoms with Gasteiger partial charge in [0.15, 0.2) is 0 Å². The van der Waals surface area contributed by atoms with Crippen LogP contribution in [0.5, 0.6) is 0 Å². The maximum atomic E-state index is 12.2. The van der Waals surface area contributed by atoms with E-state index < -0.39 is 5.54 Å². The van der Waals surface area contributed by atoms with Gasteiger partial charge in [0, 0.05) is 6.04 Å². The van der Waals surface area contributed by atoms with Gasteiger partial charge in [-0.3, -0.25) is 10.1 Å². The Balaban J connectivity index is 2.82. The summed E-state index contributed by atoms with van der Waals surface area (Å²) in [5.74, 6) is 1.46. The molecule has 4 heteroatoms. The zero-order chi connectivity index (χ0) is 12.9. The van der Waals surface area contributed by atoms with Crippen molar-refractivity contribution in [1.82, 2.24) is 5.32 Å². The summed E-state index contributed by atoms with van der Waals surface area (Å²) in [6, 6.07) is 0.309. The monoisotopic (exact) mass is 259 g/mol. The van der Waals surface area contributed by atoms with E-state index in [2.05, 4.69) is 25.4 Å². The molecular weight excluding hydrogens is 234 g/mol. The lowest BCUT2D eigenvalue weighted by Crippen LogP contribution is -2.57. The molecule has 1 aliphatic rings. The van der Waals surface area contributed by atoms with Crippen molar-refractivity contribution in [2.45, 2.75) is 51.1 Å². The third kappa shape index (κ3) is 3.38. The summed E-state index contributed by atoms with van der Waals surface area (Å²) in [7, 11) is 1.50. The first-order chi connectivity index (χ1) is 8.06. The van der Waals surface area contributed by atoms with Gasteiger partial charge < -0.3 is 4.74 Å². The minimum absolute atomic E-state index is 0.0743. The average molecular weight is 259 g/mol. The van der Waals surface area contributed by atoms with E-state index in [9.17, 15) is 4.79 Å². The summed E-state index contributed by atoms with van der Waals surface area (Å²) in [6.45, 7) is 4.18. The van der Waals surface area contributed by atoms with E-state index in [0.717, 1.165) is 31.4 Å². The summed E-state index contributed by atoms with van der Waals surface area (Å²) in [6.07, 6.45) is 6.38. The molecule has 0 aromatic heterocycles. The molecule has 17 heavy (non-hydrogen) atoms. The Labute approximate surface area is 109 Å². The molecule has 1 N–H and O–H groups in total. The first-order valence-corrected chi connectivity index (χ1v) is 7.81. The molecule has 0 aromatic carbocycles. The molecule has 1 rings (SSSR count). The maximum Gasteiger partial charge on any atom is 0.326 e. The normalized spacial score (nSPS) is 28.6. The smallest absolute Gasteiger partial charge is 0.326 e. The van der Waals surface area contributed by atoms with Crippen LogP contribution >= 0.6 is 11.8 Å². The molecule has 0 spiro atoms. The second-order valence-electron chi connectivity index (χ2n) is 5.13. The van der Waals surface area contributed by atoms with Gasteiger partial charge in [-0.2, -0.15) is 11.8 Å². The van der Waals surface area contributed by atoms with Crippen molar-refractivity contribution in [2.75, 3.05) is 19.1 Å². The highest BCUT2D eigenvalue weighted by Gasteiger charge is 2.49. The lowest BCUT2D eigenvalue weighted by atomic mass is 9.84. The zero-order valence-corrected chi connectivity index (χ0v) is 12.2. The third-order valence-corrected chi connectivity index (χ3v) is 4.23. The molecule has 1 aliphatic carbocycles. The molecule has 0 saturated heterocycles. The van der Waals surface area contributed by atoms with Gasteiger partial charge in [0.05, 0.1) is 7.11 Å². The highest BCUT2D eigenvalue weighted by Crippen LogP contribution is 2.39. The van der Waals surface area contributed by atoms with Crippen molar-refractivity contribution in [2.24, 2.45) is 5.92 Å². The molecule has 0 bridgehead atoms. The van der Waals surface area contributed by atoms with E-state index in [1.807, 2.05) is 11.8 Å². The maximum absolute atomic E-state index is 12.2. The van der Waals surface area contributed by atoms with Gasteiger partial charge in [-0.15, -0.1) is 0 Å². The number of hydrogen-bond acceptors (Lipinski definition) is 4. The minimum Gasteiger partial charge on any atom is -0.468 e. The Morgan fingerprint density at radius 1 is 1.59 bits per heavy atom. The predicted molar refractivity (Wildman–Crippen MR) is 73.4 cm³/mol. The van der Waals surface area contributed by atoms with Gasteiger partial charge in [-0.05, 0) is 51.0 Å². The number of ether oxygens (including phenoxy) is 1. The Kier molecular flexibility index (Phi) is 5.80. The van der Waals surface area contributed by atoms with E-state index >= 15 is 0 Å². The van der Waals surface area contributed by atoms with Gasteiger partial charge in [-0.25, -0.2) is 0 Å². The fraction of sp³-hybridized carbons (Fsp3) is 0.923. The molecule has 0 aliphatic heterocycles. The number of carbonyl (C=O) groups is 1. The van der Waals surface area contributed by atoms with E-state index in [-0.39, 0.29) is 5.97 Å². The van der Waals surface area contributed by atoms with Crippen LogP contribution in [0.15, 0.2) is 0 Å². The molecule has 100 valence electrons. The fourth-order valence-corrected chi connectivity index (χ4v) is 3.46. The first-order valence-electron chi connectivity index (χ1n) is 6.42. The van der Waals surface area contributed by atoms with Crippen molar-refractivity contribution in [3.8, 4) is 0 Å². The second kappa shape index (κ2) is 6.64. The summed E-state index contributed by atoms with van der Waals surface area (Å²) < 4.78 is 5.04. The van der Waals surface area contributed by atoms with Gasteiger partial charge in [0.25, 0.3) is 0 Å². The fourth-order valence-electron chi connectivity index (χ4n) is 2.94. The molecule has 0 aromatic rings. The van der Waals surface area contributed by atoms with Crippen molar-refractivity contribution < 1.29 is 9.53 Å². The highest BCUT2D eigenvalue weighted by molar-refractivity contribution is 7.98. The topological polar surface area (TPSA) is 38.3 Å². The van der Waals surface area contributed by atoms with E-state index in [1.165, 1.54) is 7.11 Å². The molecule has 0 radical (unpaired) electrons. The van der Waals surface area contributed by atoms with Crippen molar-refractivity contribution in [1.29, 1.82) is 0 Å². The summed E-state index contributed by atoms with van der Waals surface area (Å²) in [4.78, 5) is 12.2. The van der Waals surface area contributed by atoms with Gasteiger partial charge in [-0.1, -0.05) is 6.42 Å². The van der Waals surface area contributed by atoms with Crippen LogP contribution in [0.2, 0.25) is 0 Å². The van der Waals surface area contributed by atoms with Crippen molar-refractivity contribution >= 4 is 17.7 Å². The number of esters is 1. The summed E-state index contributed by atoms with van der Waals surface area (Å²) >= 11 is 1.85. The minimum atomic E-state index is -0.432. The molecule has 0 heterocycles. The quantitative estimate of drug-likeness (QED) is 0.744. The summed E-state index contributed by atoms with van der Waals surface area (Å²) in [5.41, 5.74) is -0.432. The number of hydrogen-bond donors (Lipinski definition) is 1. The first kappa shape index (κ1) is 14.8. The molecule has 3 nitrogen and oxygen atoms in total. The number of carbonyl (C=O) groups excluding carboxylic acids is 1. The van der Waals surface area contributed by atoms with Crippen LogP contribution in [-0.2, 0) is 9.53 Å². The van der Waals surface area contributed by atoms with Gasteiger partial charge >= 0.3 is 5.97 Å². The van der Waals surface area contributed by atoms with Gasteiger partial charge in [0.2, 0.25) is 0 Å². The second-order valence-corrected chi connectivity index (χ2v) is 6.12. The van der Waals surface area contributed by atoms with Crippen LogP contribution in [0.4, 0.5) is 0 Å². The van der Waals surface area contributed by atoms with Crippen LogP contribution in [0.3, 0.4) is 0 Å². The Hall–Kier alpha value is -0.220. The molecular formula is C13H25NO2S. The lowest BCUT2D eigenvalue weighted by Gasteiger charge is -2.35. The van der Waals surface area contributed by atoms with Gasteiger partial charge in [0.1, 0.15) is 5.54 Å². The highest BCUT2D eigenvalue weighted by atomic mass is 32.2. The number of thioether (sulfide) groups is 1. The van der Waals surface area contributed by atoms with E-state index in [1.54, 1.807) is 0 Å². The number of nitrogens with one attached hydrogen (secondary N) is 1. The van der Waals surface area contributed by atoms with Crippen LogP contribution in [0.1, 0.15) is 39.5 Å². The van der Waals surface area contributed by atoms with Crippen molar-refractivity contribution in [3.63, 3.8) is 0 Å². The summed E-state index contributed by atoms with van der Waals surface area (Å²) in [5, 5.41) is 3.48. The molecule has 2 unspecified atom stereocenters. The Morgan fingerprint density at radius 3 is 2.82 bits per heavy atom. The number of rotatable bonds is 6. The van der Waals surface area contributed by atoms with Crippen LogP contribution in [-0.4, -0.2) is 36.7 Å². The Bertz CT molecular complexity index is 258. The standard InChI is InChI=1S/C13H25NO2S/c1-10(2)14-13(12(15)16-3)8-5-6-11(13)7-9-17-4/h10-11,14H,5-9H2,1-4H3. The van der Waals surface area contributed by atoms with E-state index in [0.29, 0.717) is 12.0 Å². The predicted octanol–water partition coefficient (Wildman–Crippen LogP) is 2.45. The Morgan fingerprint density at radius 2 is 2.29 bits per heavy atom. The average Bonchev–Trinajstić information content (AvgIpc) is 2.68. The molecule has 2 atom stereocenters. The van der Waals surface area contributed by atoms with Crippen LogP contribution in [0, 0.1) is 5.92 Å². The number of methoxy groups -OCH3 is 1. The van der Waals surface area contributed by atoms with E-state index in [4.69, 9.17) is 4.74 Å².